The van der Waals surface area contributed by atoms with Crippen molar-refractivity contribution in [1.82, 2.24) is 4.98 Å². The third kappa shape index (κ3) is 2.93. The van der Waals surface area contributed by atoms with Gasteiger partial charge in [0, 0.05) is 30.5 Å². The lowest BCUT2D eigenvalue weighted by Gasteiger charge is -2.12. The lowest BCUT2D eigenvalue weighted by molar-refractivity contribution is 0.292. The van der Waals surface area contributed by atoms with Crippen molar-refractivity contribution in [3.05, 3.63) is 42.2 Å². The Bertz CT molecular complexity index is 664. The Hall–Kier alpha value is -2.05. The summed E-state index contributed by atoms with van der Waals surface area (Å²) in [6, 6.07) is 7.87. The Kier molecular flexibility index (Phi) is 4.31. The molecular weight excluding hydrogens is 281 g/mol. The smallest absolute Gasteiger partial charge is 0.454 e. The number of ether oxygens (including phenoxy) is 2. The average molecular weight is 299 g/mol. The van der Waals surface area contributed by atoms with Crippen molar-refractivity contribution >= 4 is 7.12 Å². The fraction of sp³-hybridized carbons (Fsp3) is 0.312. The van der Waals surface area contributed by atoms with Gasteiger partial charge >= 0.3 is 7.12 Å². The molecule has 0 spiro atoms. The topological polar surface area (TPSA) is 60.8 Å². The lowest BCUT2D eigenvalue weighted by Crippen LogP contribution is -2.07. The minimum atomic E-state index is -0.672. The average Bonchev–Trinajstić information content (AvgIpc) is 3.01. The molecular formula is C16H18BNO4. The molecule has 6 heteroatoms. The fourth-order valence-electron chi connectivity index (χ4n) is 2.69. The Balaban J connectivity index is 1.92. The van der Waals surface area contributed by atoms with Gasteiger partial charge in [-0.1, -0.05) is 6.07 Å². The highest BCUT2D eigenvalue weighted by Crippen LogP contribution is 2.34. The summed E-state index contributed by atoms with van der Waals surface area (Å²) in [7, 11) is 2.56. The van der Waals surface area contributed by atoms with Crippen molar-refractivity contribution in [2.75, 3.05) is 20.8 Å². The van der Waals surface area contributed by atoms with Crippen LogP contribution in [0, 0.1) is 0 Å². The molecule has 3 rings (SSSR count). The van der Waals surface area contributed by atoms with Crippen molar-refractivity contribution in [3.8, 4) is 22.6 Å². The monoisotopic (exact) mass is 299 g/mol. The Labute approximate surface area is 130 Å². The number of methoxy groups -OCH3 is 2. The maximum absolute atomic E-state index is 9.50. The fourth-order valence-corrected chi connectivity index (χ4v) is 2.69. The van der Waals surface area contributed by atoms with E-state index >= 15 is 0 Å². The van der Waals surface area contributed by atoms with Crippen LogP contribution in [0.15, 0.2) is 36.7 Å². The highest BCUT2D eigenvalue weighted by Gasteiger charge is 2.30. The maximum atomic E-state index is 9.50. The van der Waals surface area contributed by atoms with Crippen LogP contribution >= 0.6 is 0 Å². The molecule has 2 aromatic rings. The van der Waals surface area contributed by atoms with Gasteiger partial charge in [-0.3, -0.25) is 4.98 Å². The third-order valence-electron chi connectivity index (χ3n) is 3.92. The van der Waals surface area contributed by atoms with Gasteiger partial charge in [0.05, 0.1) is 14.2 Å². The highest BCUT2D eigenvalue weighted by atomic mass is 16.5. The van der Waals surface area contributed by atoms with Crippen LogP contribution in [-0.4, -0.2) is 38.0 Å². The summed E-state index contributed by atoms with van der Waals surface area (Å²) in [5.74, 6) is 1.57. The molecule has 5 nitrogen and oxygen atoms in total. The maximum Gasteiger partial charge on any atom is 0.454 e. The van der Waals surface area contributed by atoms with Gasteiger partial charge in [0.15, 0.2) is 11.5 Å². The van der Waals surface area contributed by atoms with Gasteiger partial charge in [0.25, 0.3) is 0 Å². The molecule has 22 heavy (non-hydrogen) atoms. The lowest BCUT2D eigenvalue weighted by atomic mass is 9.80. The van der Waals surface area contributed by atoms with Gasteiger partial charge in [-0.25, -0.2) is 0 Å². The summed E-state index contributed by atoms with van der Waals surface area (Å²) >= 11 is 0. The summed E-state index contributed by atoms with van der Waals surface area (Å²) in [6.45, 7) is 0.526. The molecule has 0 saturated carbocycles. The van der Waals surface area contributed by atoms with Gasteiger partial charge < -0.3 is 19.2 Å². The van der Waals surface area contributed by atoms with Crippen LogP contribution in [0.3, 0.4) is 0 Å². The standard InChI is InChI=1S/C16H18BNO4/c1-20-15-4-3-11(6-16(15)21-2)12-5-13(9-18-8-12)14-7-17(19)22-10-14/h3-6,8-9,14,19H,7,10H2,1-2H3. The highest BCUT2D eigenvalue weighted by molar-refractivity contribution is 6.43. The van der Waals surface area contributed by atoms with Crippen molar-refractivity contribution < 1.29 is 19.2 Å². The van der Waals surface area contributed by atoms with Crippen LogP contribution < -0.4 is 9.47 Å². The largest absolute Gasteiger partial charge is 0.493 e. The summed E-state index contributed by atoms with van der Waals surface area (Å²) < 4.78 is 15.8. The second-order valence-electron chi connectivity index (χ2n) is 5.30. The van der Waals surface area contributed by atoms with E-state index in [0.717, 1.165) is 16.7 Å². The van der Waals surface area contributed by atoms with E-state index in [4.69, 9.17) is 14.1 Å². The first-order chi connectivity index (χ1) is 10.7. The predicted octanol–water partition coefficient (Wildman–Crippen LogP) is 2.36. The first-order valence-electron chi connectivity index (χ1n) is 7.18. The van der Waals surface area contributed by atoms with Crippen LogP contribution in [-0.2, 0) is 4.65 Å². The molecule has 114 valence electrons. The summed E-state index contributed by atoms with van der Waals surface area (Å²) in [4.78, 5) is 4.32. The molecule has 0 radical (unpaired) electrons. The normalized spacial score (nSPS) is 17.6. The second-order valence-corrected chi connectivity index (χ2v) is 5.30. The van der Waals surface area contributed by atoms with E-state index in [0.29, 0.717) is 24.4 Å². The van der Waals surface area contributed by atoms with E-state index in [-0.39, 0.29) is 5.92 Å². The Morgan fingerprint density at radius 2 is 1.95 bits per heavy atom. The molecule has 1 aromatic heterocycles. The van der Waals surface area contributed by atoms with Crippen LogP contribution in [0.1, 0.15) is 11.5 Å². The molecule has 2 heterocycles. The van der Waals surface area contributed by atoms with Crippen molar-refractivity contribution in [3.63, 3.8) is 0 Å². The Morgan fingerprint density at radius 3 is 2.64 bits per heavy atom. The molecule has 1 N–H and O–H groups in total. The van der Waals surface area contributed by atoms with E-state index in [2.05, 4.69) is 11.1 Å². The first-order valence-corrected chi connectivity index (χ1v) is 7.18. The van der Waals surface area contributed by atoms with E-state index in [1.54, 1.807) is 14.2 Å². The number of rotatable bonds is 4. The number of hydrogen-bond acceptors (Lipinski definition) is 5. The van der Waals surface area contributed by atoms with Crippen LogP contribution in [0.4, 0.5) is 0 Å². The minimum Gasteiger partial charge on any atom is -0.493 e. The van der Waals surface area contributed by atoms with Crippen LogP contribution in [0.2, 0.25) is 6.32 Å². The first kappa shape index (κ1) is 14.9. The SMILES string of the molecule is COc1ccc(-c2cncc(C3COB(O)C3)c2)cc1OC. The minimum absolute atomic E-state index is 0.183. The molecule has 1 atom stereocenters. The quantitative estimate of drug-likeness (QED) is 0.878. The van der Waals surface area contributed by atoms with Crippen LogP contribution in [0.5, 0.6) is 11.5 Å². The molecule has 1 unspecified atom stereocenters. The number of nitrogens with zero attached hydrogens (tertiary/aromatic N) is 1. The zero-order valence-corrected chi connectivity index (χ0v) is 12.7. The number of benzene rings is 1. The number of aromatic nitrogens is 1. The molecule has 0 amide bonds. The van der Waals surface area contributed by atoms with E-state index < -0.39 is 7.12 Å². The van der Waals surface area contributed by atoms with Crippen molar-refractivity contribution in [1.29, 1.82) is 0 Å². The van der Waals surface area contributed by atoms with Gasteiger partial charge in [-0.15, -0.1) is 0 Å². The molecule has 1 aliphatic rings. The second kappa shape index (κ2) is 6.38. The predicted molar refractivity (Wildman–Crippen MR) is 84.2 cm³/mol. The molecule has 1 aliphatic heterocycles. The van der Waals surface area contributed by atoms with Crippen LogP contribution in [0.25, 0.3) is 11.1 Å². The van der Waals surface area contributed by atoms with Gasteiger partial charge in [-0.05, 0) is 35.6 Å². The van der Waals surface area contributed by atoms with Crippen molar-refractivity contribution in [2.24, 2.45) is 0 Å². The molecule has 1 fully saturated rings. The summed E-state index contributed by atoms with van der Waals surface area (Å²) in [6.07, 6.45) is 4.25. The zero-order chi connectivity index (χ0) is 15.5. The molecule has 0 bridgehead atoms. The van der Waals surface area contributed by atoms with Gasteiger partial charge in [-0.2, -0.15) is 0 Å². The molecule has 0 aliphatic carbocycles. The van der Waals surface area contributed by atoms with E-state index in [1.165, 1.54) is 0 Å². The van der Waals surface area contributed by atoms with Crippen molar-refractivity contribution in [2.45, 2.75) is 12.2 Å². The summed E-state index contributed by atoms with van der Waals surface area (Å²) in [5.41, 5.74) is 3.08. The Morgan fingerprint density at radius 1 is 1.14 bits per heavy atom. The number of hydrogen-bond donors (Lipinski definition) is 1. The molecule has 1 aromatic carbocycles. The molecule has 1 saturated heterocycles. The van der Waals surface area contributed by atoms with E-state index in [9.17, 15) is 5.02 Å². The number of pyridine rings is 1. The van der Waals surface area contributed by atoms with Gasteiger partial charge in [0.2, 0.25) is 0 Å². The zero-order valence-electron chi connectivity index (χ0n) is 12.7. The van der Waals surface area contributed by atoms with E-state index in [1.807, 2.05) is 30.6 Å². The summed E-state index contributed by atoms with van der Waals surface area (Å²) in [5, 5.41) is 9.50. The third-order valence-corrected chi connectivity index (χ3v) is 3.92. The van der Waals surface area contributed by atoms with Gasteiger partial charge in [0.1, 0.15) is 0 Å².